The van der Waals surface area contributed by atoms with Crippen molar-refractivity contribution in [3.8, 4) is 0 Å². The van der Waals surface area contributed by atoms with Gasteiger partial charge in [0.1, 0.15) is 6.61 Å². The maximum absolute atomic E-state index is 13.8. The van der Waals surface area contributed by atoms with E-state index in [1.54, 1.807) is 4.90 Å². The Hall–Kier alpha value is -3.01. The molecule has 0 bridgehead atoms. The molecule has 1 aromatic heterocycles. The number of ether oxygens (including phenoxy) is 1. The summed E-state index contributed by atoms with van der Waals surface area (Å²) in [7, 11) is -1.12. The highest BCUT2D eigenvalue weighted by molar-refractivity contribution is 8.33. The number of benzene rings is 1. The number of H-pyrrole nitrogens is 1. The molecule has 256 valence electrons. The van der Waals surface area contributed by atoms with E-state index in [0.29, 0.717) is 18.8 Å². The summed E-state index contributed by atoms with van der Waals surface area (Å²) in [6.45, 7) is 6.53. The third kappa shape index (κ3) is 8.28. The molecule has 0 radical (unpaired) electrons. The van der Waals surface area contributed by atoms with E-state index in [9.17, 15) is 14.4 Å². The molecule has 1 saturated carbocycles. The molecule has 10 heteroatoms. The molecule has 0 unspecified atom stereocenters. The van der Waals surface area contributed by atoms with E-state index in [1.165, 1.54) is 38.5 Å². The number of carbonyl (C=O) groups excluding carboxylic acids is 3. The van der Waals surface area contributed by atoms with Crippen molar-refractivity contribution in [1.82, 2.24) is 20.4 Å². The number of hydrogen-bond donors (Lipinski definition) is 3. The maximum Gasteiger partial charge on any atom is 0.319 e. The molecule has 0 saturated heterocycles. The Morgan fingerprint density at radius 1 is 0.978 bits per heavy atom. The number of aromatic amines is 1. The summed E-state index contributed by atoms with van der Waals surface area (Å²) in [4.78, 5) is 41.8. The monoisotopic (exact) mass is 655 g/mol. The van der Waals surface area contributed by atoms with Crippen molar-refractivity contribution in [2.45, 2.75) is 127 Å². The summed E-state index contributed by atoms with van der Waals surface area (Å²) in [5, 5.41) is 13.8. The lowest BCUT2D eigenvalue weighted by Crippen LogP contribution is -2.51. The topological polar surface area (TPSA) is 116 Å². The van der Waals surface area contributed by atoms with Crippen LogP contribution >= 0.6 is 10.0 Å². The lowest BCUT2D eigenvalue weighted by Gasteiger charge is -2.53. The number of anilines is 1. The van der Waals surface area contributed by atoms with Gasteiger partial charge in [0.25, 0.3) is 0 Å². The average molecular weight is 656 g/mol. The molecule has 0 spiro atoms. The Bertz CT molecular complexity index is 1320. The van der Waals surface area contributed by atoms with E-state index in [2.05, 4.69) is 46.5 Å². The molecule has 46 heavy (non-hydrogen) atoms. The molecule has 2 aromatic rings. The molecule has 1 atom stereocenters. The lowest BCUT2D eigenvalue weighted by molar-refractivity contribution is -0.144. The van der Waals surface area contributed by atoms with Gasteiger partial charge in [-0.25, -0.2) is 14.8 Å². The third-order valence-electron chi connectivity index (χ3n) is 10.1. The number of esters is 1. The number of urea groups is 1. The number of carbonyl (C=O) groups is 3. The zero-order chi connectivity index (χ0) is 33.4. The second-order valence-corrected chi connectivity index (χ2v) is 18.8. The fourth-order valence-electron chi connectivity index (χ4n) is 6.74. The first-order valence-corrected chi connectivity index (χ1v) is 20.1. The van der Waals surface area contributed by atoms with Gasteiger partial charge in [-0.15, -0.1) is 0 Å². The van der Waals surface area contributed by atoms with Gasteiger partial charge in [0.2, 0.25) is 5.91 Å². The first kappa shape index (κ1) is 35.8. The highest BCUT2D eigenvalue weighted by Gasteiger charge is 2.51. The molecule has 2 aliphatic rings. The van der Waals surface area contributed by atoms with Crippen molar-refractivity contribution in [2.75, 3.05) is 30.7 Å². The highest BCUT2D eigenvalue weighted by atomic mass is 32.3. The van der Waals surface area contributed by atoms with Crippen LogP contribution in [-0.4, -0.2) is 63.1 Å². The molecule has 1 aromatic carbocycles. The van der Waals surface area contributed by atoms with Gasteiger partial charge >= 0.3 is 12.0 Å². The first-order chi connectivity index (χ1) is 21.9. The van der Waals surface area contributed by atoms with Crippen LogP contribution < -0.4 is 10.6 Å². The predicted molar refractivity (Wildman–Crippen MR) is 188 cm³/mol. The smallest absolute Gasteiger partial charge is 0.319 e. The van der Waals surface area contributed by atoms with Crippen LogP contribution in [-0.2, 0) is 26.4 Å². The molecule has 1 aliphatic carbocycles. The Labute approximate surface area is 277 Å². The minimum Gasteiger partial charge on any atom is -0.463 e. The molecule has 4 rings (SSSR count). The van der Waals surface area contributed by atoms with Gasteiger partial charge in [0, 0.05) is 12.0 Å². The van der Waals surface area contributed by atoms with Gasteiger partial charge in [0.05, 0.1) is 28.6 Å². The predicted octanol–water partition coefficient (Wildman–Crippen LogP) is 7.93. The number of nitrogens with one attached hydrogen (secondary N) is 3. The van der Waals surface area contributed by atoms with E-state index in [4.69, 9.17) is 4.74 Å². The zero-order valence-electron chi connectivity index (χ0n) is 29.0. The summed E-state index contributed by atoms with van der Waals surface area (Å²) < 4.78 is 5.36. The molecule has 3 amide bonds. The van der Waals surface area contributed by atoms with Crippen LogP contribution in [0.1, 0.15) is 127 Å². The number of amides is 3. The van der Waals surface area contributed by atoms with Crippen LogP contribution in [0.4, 0.5) is 10.6 Å². The second-order valence-electron chi connectivity index (χ2n) is 14.4. The largest absolute Gasteiger partial charge is 0.463 e. The number of fused-ring (bicyclic) bond motifs is 1. The van der Waals surface area contributed by atoms with Gasteiger partial charge < -0.3 is 20.3 Å². The van der Waals surface area contributed by atoms with Crippen LogP contribution in [0.5, 0.6) is 0 Å². The number of aromatic nitrogens is 2. The van der Waals surface area contributed by atoms with E-state index in [1.807, 2.05) is 44.2 Å². The molecular weight excluding hydrogens is 598 g/mol. The number of nitrogens with zero attached hydrogens (tertiary/aromatic N) is 2. The minimum absolute atomic E-state index is 0.0321. The molecule has 2 heterocycles. The van der Waals surface area contributed by atoms with Gasteiger partial charge in [-0.1, -0.05) is 88.6 Å². The molecular formula is C36H57N5O4S. The van der Waals surface area contributed by atoms with E-state index in [0.717, 1.165) is 55.3 Å². The Morgan fingerprint density at radius 2 is 1.61 bits per heavy atom. The second kappa shape index (κ2) is 15.7. The van der Waals surface area contributed by atoms with Crippen molar-refractivity contribution in [3.05, 3.63) is 47.2 Å². The molecule has 1 fully saturated rings. The van der Waals surface area contributed by atoms with Gasteiger partial charge in [-0.05, 0) is 63.9 Å². The Morgan fingerprint density at radius 3 is 2.20 bits per heavy atom. The Kier molecular flexibility index (Phi) is 12.2. The van der Waals surface area contributed by atoms with Crippen molar-refractivity contribution in [3.63, 3.8) is 0 Å². The van der Waals surface area contributed by atoms with E-state index in [-0.39, 0.29) is 29.3 Å². The summed E-state index contributed by atoms with van der Waals surface area (Å²) in [6, 6.07) is 8.85. The highest BCUT2D eigenvalue weighted by Crippen LogP contribution is 2.60. The summed E-state index contributed by atoms with van der Waals surface area (Å²) in [5.41, 5.74) is 1.82. The van der Waals surface area contributed by atoms with E-state index >= 15 is 0 Å². The van der Waals surface area contributed by atoms with Crippen molar-refractivity contribution in [1.29, 1.82) is 0 Å². The zero-order valence-corrected chi connectivity index (χ0v) is 29.8. The van der Waals surface area contributed by atoms with E-state index < -0.39 is 21.6 Å². The van der Waals surface area contributed by atoms with Gasteiger partial charge in [-0.3, -0.25) is 14.7 Å². The summed E-state index contributed by atoms with van der Waals surface area (Å²) in [5.74, 6) is 0.301. The number of hydrogen-bond acceptors (Lipinski definition) is 5. The molecule has 3 N–H and O–H groups in total. The maximum atomic E-state index is 13.8. The fraction of sp³-hybridized carbons (Fsp3) is 0.667. The molecule has 9 nitrogen and oxygen atoms in total. The third-order valence-corrected chi connectivity index (χ3v) is 13.0. The number of unbranched alkanes of at least 4 members (excludes halogenated alkanes) is 8. The minimum atomic E-state index is -1.12. The summed E-state index contributed by atoms with van der Waals surface area (Å²) >= 11 is 0. The van der Waals surface area contributed by atoms with Gasteiger partial charge in [0.15, 0.2) is 5.82 Å². The summed E-state index contributed by atoms with van der Waals surface area (Å²) in [6.07, 6.45) is 20.5. The van der Waals surface area contributed by atoms with Crippen LogP contribution in [0.15, 0.2) is 30.3 Å². The number of rotatable bonds is 17. The van der Waals surface area contributed by atoms with Crippen LogP contribution in [0.25, 0.3) is 0 Å². The normalized spacial score (nSPS) is 17.5. The average Bonchev–Trinajstić information content (AvgIpc) is 3.50. The van der Waals surface area contributed by atoms with Gasteiger partial charge in [-0.2, -0.15) is 5.10 Å². The lowest BCUT2D eigenvalue weighted by atomic mass is 9.83. The van der Waals surface area contributed by atoms with Crippen LogP contribution in [0.2, 0.25) is 0 Å². The Balaban J connectivity index is 1.33. The van der Waals surface area contributed by atoms with Crippen molar-refractivity contribution >= 4 is 33.8 Å². The fourth-order valence-corrected chi connectivity index (χ4v) is 8.86. The SMILES string of the molecule is CCCCCCCCCCCC(=O)OC[C@@H](NC(=O)N1Cc2c(NC(=O)C3(S(C)(C)C)CCC3)n[nH]c2C1(C)C)c1ccccc1. The standard InChI is InChI=1S/C36H57N5O4S/c1-7-8-9-10-11-12-13-14-18-22-30(42)45-26-29(27-20-16-15-17-21-27)37-34(44)41-25-28-31(35(41,2)3)39-40-32(28)38-33(43)36(23-19-24-36)46(4,5)6/h15-17,20-21,29H,7-14,18-19,22-26H2,1-6H3,(H,37,44)(H2,38,39,40,43)/t29-/m1/s1. The van der Waals surface area contributed by atoms with Crippen LogP contribution in [0, 0.1) is 0 Å². The molecule has 1 aliphatic heterocycles. The first-order valence-electron chi connectivity index (χ1n) is 17.3. The van der Waals surface area contributed by atoms with Crippen molar-refractivity contribution < 1.29 is 19.1 Å². The quantitative estimate of drug-likeness (QED) is 0.118. The van der Waals surface area contributed by atoms with Crippen LogP contribution in [0.3, 0.4) is 0 Å². The van der Waals surface area contributed by atoms with Crippen molar-refractivity contribution in [2.24, 2.45) is 0 Å².